The van der Waals surface area contributed by atoms with Crippen molar-refractivity contribution in [2.45, 2.75) is 40.0 Å². The van der Waals surface area contributed by atoms with E-state index in [-0.39, 0.29) is 0 Å². The van der Waals surface area contributed by atoms with Gasteiger partial charge in [-0.15, -0.1) is 0 Å². The summed E-state index contributed by atoms with van der Waals surface area (Å²) in [5, 5.41) is 0.767. The van der Waals surface area contributed by atoms with E-state index in [1.165, 1.54) is 18.4 Å². The highest BCUT2D eigenvalue weighted by Crippen LogP contribution is 2.38. The highest BCUT2D eigenvalue weighted by atomic mass is 35.5. The second-order valence-electron chi connectivity index (χ2n) is 5.09. The first-order valence-corrected chi connectivity index (χ1v) is 6.89. The maximum atomic E-state index is 6.31. The van der Waals surface area contributed by atoms with Gasteiger partial charge in [-0.25, -0.2) is 0 Å². The highest BCUT2D eigenvalue weighted by Gasteiger charge is 2.22. The predicted molar refractivity (Wildman–Crippen MR) is 82.7 cm³/mol. The number of hydrogen-bond acceptors (Lipinski definition) is 0. The molecular weight excluding hydrogens is 240 g/mol. The molecule has 0 aromatic heterocycles. The standard InChI is InChI=1S/C17H23Cl/c1-6-15(13(5)11-14-8-9-14)16(10-12(3)4)17(18)7-2/h6-7,10,14H,1,3,8-9,11H2,2,4-5H3/b15-13?,16-10-,17-7+. The molecule has 18 heavy (non-hydrogen) atoms. The SMILES string of the molecule is C=CC(=C(C)CC1CC1)C(=C/C(=C)C)/C(Cl)=C\C. The van der Waals surface area contributed by atoms with Gasteiger partial charge >= 0.3 is 0 Å². The Morgan fingerprint density at radius 1 is 1.33 bits per heavy atom. The minimum Gasteiger partial charge on any atom is -0.0984 e. The van der Waals surface area contributed by atoms with E-state index in [9.17, 15) is 0 Å². The molecule has 0 aliphatic heterocycles. The third-order valence-electron chi connectivity index (χ3n) is 3.15. The van der Waals surface area contributed by atoms with Crippen LogP contribution in [0.15, 0.2) is 58.7 Å². The van der Waals surface area contributed by atoms with Crippen molar-refractivity contribution in [1.82, 2.24) is 0 Å². The van der Waals surface area contributed by atoms with Gasteiger partial charge in [0.2, 0.25) is 0 Å². The van der Waals surface area contributed by atoms with Crippen molar-refractivity contribution in [2.24, 2.45) is 5.92 Å². The molecule has 0 spiro atoms. The lowest BCUT2D eigenvalue weighted by Crippen LogP contribution is -1.94. The van der Waals surface area contributed by atoms with E-state index in [0.29, 0.717) is 0 Å². The van der Waals surface area contributed by atoms with E-state index in [2.05, 4.69) is 20.1 Å². The van der Waals surface area contributed by atoms with Gasteiger partial charge in [0, 0.05) is 10.6 Å². The van der Waals surface area contributed by atoms with Crippen molar-refractivity contribution in [1.29, 1.82) is 0 Å². The first-order valence-electron chi connectivity index (χ1n) is 6.51. The van der Waals surface area contributed by atoms with Gasteiger partial charge in [0.05, 0.1) is 0 Å². The summed E-state index contributed by atoms with van der Waals surface area (Å²) in [6.07, 6.45) is 9.75. The van der Waals surface area contributed by atoms with Crippen LogP contribution in [0.1, 0.15) is 40.0 Å². The van der Waals surface area contributed by atoms with Crippen LogP contribution in [0.3, 0.4) is 0 Å². The molecule has 0 nitrogen and oxygen atoms in total. The smallest absolute Gasteiger partial charge is 0.0441 e. The maximum absolute atomic E-state index is 6.31. The molecule has 0 N–H and O–H groups in total. The van der Waals surface area contributed by atoms with E-state index in [4.69, 9.17) is 11.6 Å². The number of hydrogen-bond donors (Lipinski definition) is 0. The molecule has 0 aromatic carbocycles. The molecule has 0 heterocycles. The lowest BCUT2D eigenvalue weighted by atomic mass is 9.95. The fourth-order valence-electron chi connectivity index (χ4n) is 2.06. The van der Waals surface area contributed by atoms with Crippen LogP contribution in [0.25, 0.3) is 0 Å². The van der Waals surface area contributed by atoms with E-state index in [1.807, 2.05) is 32.1 Å². The molecule has 1 saturated carbocycles. The molecule has 98 valence electrons. The Hall–Kier alpha value is -1.01. The molecule has 1 fully saturated rings. The van der Waals surface area contributed by atoms with Gasteiger partial charge in [0.25, 0.3) is 0 Å². The van der Waals surface area contributed by atoms with Crippen molar-refractivity contribution in [2.75, 3.05) is 0 Å². The summed E-state index contributed by atoms with van der Waals surface area (Å²) in [5.74, 6) is 0.871. The minimum atomic E-state index is 0.767. The van der Waals surface area contributed by atoms with Crippen LogP contribution in [-0.4, -0.2) is 0 Å². The van der Waals surface area contributed by atoms with Crippen molar-refractivity contribution in [3.63, 3.8) is 0 Å². The molecule has 1 aliphatic carbocycles. The predicted octanol–water partition coefficient (Wildman–Crippen LogP) is 5.93. The minimum absolute atomic E-state index is 0.767. The molecule has 1 rings (SSSR count). The van der Waals surface area contributed by atoms with Gasteiger partial charge in [0.15, 0.2) is 0 Å². The summed E-state index contributed by atoms with van der Waals surface area (Å²) in [4.78, 5) is 0. The van der Waals surface area contributed by atoms with Crippen LogP contribution in [-0.2, 0) is 0 Å². The topological polar surface area (TPSA) is 0 Å². The summed E-state index contributed by atoms with van der Waals surface area (Å²) in [6.45, 7) is 14.0. The van der Waals surface area contributed by atoms with Gasteiger partial charge in [-0.3, -0.25) is 0 Å². The van der Waals surface area contributed by atoms with E-state index < -0.39 is 0 Å². The third kappa shape index (κ3) is 4.34. The van der Waals surface area contributed by atoms with Crippen molar-refractivity contribution in [3.8, 4) is 0 Å². The van der Waals surface area contributed by atoms with Gasteiger partial charge in [-0.2, -0.15) is 0 Å². The zero-order chi connectivity index (χ0) is 13.7. The van der Waals surface area contributed by atoms with Gasteiger partial charge in [-0.05, 0) is 51.5 Å². The Kier molecular flexibility index (Phi) is 5.68. The number of allylic oxidation sites excluding steroid dienone is 8. The Morgan fingerprint density at radius 2 is 1.94 bits per heavy atom. The largest absolute Gasteiger partial charge is 0.0984 e. The first-order chi connectivity index (χ1) is 8.49. The van der Waals surface area contributed by atoms with E-state index >= 15 is 0 Å². The quantitative estimate of drug-likeness (QED) is 0.520. The van der Waals surface area contributed by atoms with Gasteiger partial charge in [0.1, 0.15) is 0 Å². The van der Waals surface area contributed by atoms with Crippen LogP contribution < -0.4 is 0 Å². The van der Waals surface area contributed by atoms with E-state index in [0.717, 1.165) is 34.1 Å². The van der Waals surface area contributed by atoms with Crippen molar-refractivity contribution < 1.29 is 0 Å². The molecule has 0 aromatic rings. The van der Waals surface area contributed by atoms with Gasteiger partial charge < -0.3 is 0 Å². The molecular formula is C17H23Cl. The lowest BCUT2D eigenvalue weighted by molar-refractivity contribution is 0.815. The summed E-state index contributed by atoms with van der Waals surface area (Å²) in [7, 11) is 0. The average Bonchev–Trinajstić information content (AvgIpc) is 3.11. The summed E-state index contributed by atoms with van der Waals surface area (Å²) >= 11 is 6.31. The van der Waals surface area contributed by atoms with Crippen LogP contribution in [0.5, 0.6) is 0 Å². The number of rotatable bonds is 6. The molecule has 0 bridgehead atoms. The fourth-order valence-corrected chi connectivity index (χ4v) is 2.21. The Bertz CT molecular complexity index is 429. The Morgan fingerprint density at radius 3 is 2.33 bits per heavy atom. The zero-order valence-corrected chi connectivity index (χ0v) is 12.5. The summed E-state index contributed by atoms with van der Waals surface area (Å²) in [6, 6.07) is 0. The van der Waals surface area contributed by atoms with E-state index in [1.54, 1.807) is 0 Å². The van der Waals surface area contributed by atoms with Crippen LogP contribution in [0.4, 0.5) is 0 Å². The van der Waals surface area contributed by atoms with Crippen molar-refractivity contribution >= 4 is 11.6 Å². The Labute approximate surface area is 116 Å². The van der Waals surface area contributed by atoms with Crippen LogP contribution in [0.2, 0.25) is 0 Å². The third-order valence-corrected chi connectivity index (χ3v) is 3.57. The Balaban J connectivity index is 3.14. The second-order valence-corrected chi connectivity index (χ2v) is 5.49. The van der Waals surface area contributed by atoms with Crippen molar-refractivity contribution in [3.05, 3.63) is 58.7 Å². The first kappa shape index (κ1) is 15.0. The maximum Gasteiger partial charge on any atom is 0.0441 e. The molecule has 0 amide bonds. The summed E-state index contributed by atoms with van der Waals surface area (Å²) in [5.41, 5.74) is 4.58. The molecule has 0 atom stereocenters. The highest BCUT2D eigenvalue weighted by molar-refractivity contribution is 6.32. The summed E-state index contributed by atoms with van der Waals surface area (Å²) < 4.78 is 0. The monoisotopic (exact) mass is 262 g/mol. The molecule has 0 unspecified atom stereocenters. The average molecular weight is 263 g/mol. The van der Waals surface area contributed by atoms with Crippen LogP contribution in [0, 0.1) is 5.92 Å². The number of halogens is 1. The molecule has 1 heteroatoms. The molecule has 0 saturated heterocycles. The van der Waals surface area contributed by atoms with Crippen LogP contribution >= 0.6 is 11.6 Å². The normalized spacial score (nSPS) is 18.4. The fraction of sp³-hybridized carbons (Fsp3) is 0.412. The second kappa shape index (κ2) is 6.80. The molecule has 0 radical (unpaired) electrons. The lowest BCUT2D eigenvalue weighted by Gasteiger charge is -2.13. The zero-order valence-electron chi connectivity index (χ0n) is 11.7. The molecule has 1 aliphatic rings. The van der Waals surface area contributed by atoms with Gasteiger partial charge in [-0.1, -0.05) is 54.1 Å².